The maximum absolute atomic E-state index is 11.4. The normalized spacial score (nSPS) is 10.3. The van der Waals surface area contributed by atoms with Gasteiger partial charge in [-0.15, -0.1) is 0 Å². The summed E-state index contributed by atoms with van der Waals surface area (Å²) >= 11 is 7.13. The largest absolute Gasteiger partial charge is 0.315 e. The van der Waals surface area contributed by atoms with Crippen LogP contribution in [0.2, 0.25) is 5.02 Å². The Morgan fingerprint density at radius 1 is 1.43 bits per heavy atom. The molecule has 0 fully saturated rings. The summed E-state index contributed by atoms with van der Waals surface area (Å²) in [6, 6.07) is 7.19. The average Bonchev–Trinajstić information content (AvgIpc) is 2.07. The molecule has 1 rings (SSSR count). The number of para-hydroxylation sites is 1. The van der Waals surface area contributed by atoms with Gasteiger partial charge in [0, 0.05) is 5.25 Å². The average molecular weight is 230 g/mol. The van der Waals surface area contributed by atoms with E-state index in [9.17, 15) is 4.79 Å². The first kappa shape index (κ1) is 11.4. The van der Waals surface area contributed by atoms with Crippen LogP contribution in [-0.4, -0.2) is 10.5 Å². The molecule has 0 aromatic heterocycles. The predicted molar refractivity (Wildman–Crippen MR) is 63.2 cm³/mol. The number of halogens is 1. The maximum atomic E-state index is 11.4. The first-order valence-electron chi connectivity index (χ1n) is 4.31. The van der Waals surface area contributed by atoms with Crippen molar-refractivity contribution < 1.29 is 4.79 Å². The van der Waals surface area contributed by atoms with Gasteiger partial charge in [-0.2, -0.15) is 0 Å². The Bertz CT molecular complexity index is 328. The van der Waals surface area contributed by atoms with E-state index in [1.807, 2.05) is 26.0 Å². The third-order valence-corrected chi connectivity index (χ3v) is 2.57. The number of hydrogen-bond acceptors (Lipinski definition) is 2. The van der Waals surface area contributed by atoms with Crippen molar-refractivity contribution in [1.82, 2.24) is 0 Å². The van der Waals surface area contributed by atoms with E-state index in [0.717, 1.165) is 0 Å². The van der Waals surface area contributed by atoms with Gasteiger partial charge in [0.2, 0.25) is 0 Å². The van der Waals surface area contributed by atoms with E-state index >= 15 is 0 Å². The summed E-state index contributed by atoms with van der Waals surface area (Å²) in [7, 11) is 0. The van der Waals surface area contributed by atoms with Crippen molar-refractivity contribution in [2.45, 2.75) is 19.1 Å². The standard InChI is InChI=1S/C10H12ClNOS/c1-7(2)14-10(13)12-9-6-4-3-5-8(9)11/h3-7H,1-2H3,(H,12,13). The van der Waals surface area contributed by atoms with Crippen LogP contribution in [0.1, 0.15) is 13.8 Å². The lowest BCUT2D eigenvalue weighted by Crippen LogP contribution is -2.08. The van der Waals surface area contributed by atoms with Gasteiger partial charge in [-0.3, -0.25) is 4.79 Å². The van der Waals surface area contributed by atoms with Gasteiger partial charge >= 0.3 is 0 Å². The van der Waals surface area contributed by atoms with Crippen molar-refractivity contribution >= 4 is 34.3 Å². The lowest BCUT2D eigenvalue weighted by Gasteiger charge is -2.07. The van der Waals surface area contributed by atoms with Crippen LogP contribution in [0.15, 0.2) is 24.3 Å². The van der Waals surface area contributed by atoms with Gasteiger partial charge < -0.3 is 5.32 Å². The Hall–Kier alpha value is -0.670. The number of rotatable bonds is 2. The summed E-state index contributed by atoms with van der Waals surface area (Å²) in [5.41, 5.74) is 0.660. The number of nitrogens with one attached hydrogen (secondary N) is 1. The molecule has 0 saturated carbocycles. The summed E-state index contributed by atoms with van der Waals surface area (Å²) in [6.07, 6.45) is 0. The molecule has 0 bridgehead atoms. The second-order valence-corrected chi connectivity index (χ2v) is 5.02. The minimum Gasteiger partial charge on any atom is -0.315 e. The zero-order valence-corrected chi connectivity index (χ0v) is 9.65. The number of thioether (sulfide) groups is 1. The van der Waals surface area contributed by atoms with Crippen LogP contribution >= 0.6 is 23.4 Å². The van der Waals surface area contributed by atoms with E-state index in [4.69, 9.17) is 11.6 Å². The van der Waals surface area contributed by atoms with Crippen LogP contribution in [0, 0.1) is 0 Å². The monoisotopic (exact) mass is 229 g/mol. The molecule has 0 unspecified atom stereocenters. The van der Waals surface area contributed by atoms with Crippen molar-refractivity contribution in [3.05, 3.63) is 29.3 Å². The number of anilines is 1. The van der Waals surface area contributed by atoms with E-state index in [0.29, 0.717) is 10.7 Å². The van der Waals surface area contributed by atoms with Crippen molar-refractivity contribution in [1.29, 1.82) is 0 Å². The van der Waals surface area contributed by atoms with Crippen molar-refractivity contribution in [3.8, 4) is 0 Å². The molecule has 1 aromatic rings. The number of carbonyl (C=O) groups excluding carboxylic acids is 1. The van der Waals surface area contributed by atoms with Crippen LogP contribution in [0.3, 0.4) is 0 Å². The zero-order chi connectivity index (χ0) is 10.6. The van der Waals surface area contributed by atoms with Crippen LogP contribution in [-0.2, 0) is 0 Å². The Kier molecular flexibility index (Phi) is 4.29. The van der Waals surface area contributed by atoms with E-state index in [2.05, 4.69) is 5.32 Å². The first-order valence-corrected chi connectivity index (χ1v) is 5.57. The van der Waals surface area contributed by atoms with Gasteiger partial charge in [-0.05, 0) is 12.1 Å². The van der Waals surface area contributed by atoms with Crippen molar-refractivity contribution in [2.75, 3.05) is 5.32 Å². The maximum Gasteiger partial charge on any atom is 0.283 e. The molecule has 2 nitrogen and oxygen atoms in total. The van der Waals surface area contributed by atoms with Gasteiger partial charge in [0.15, 0.2) is 0 Å². The molecule has 0 aliphatic heterocycles. The fourth-order valence-electron chi connectivity index (χ4n) is 0.916. The molecular weight excluding hydrogens is 218 g/mol. The van der Waals surface area contributed by atoms with E-state index < -0.39 is 0 Å². The molecular formula is C10H12ClNOS. The van der Waals surface area contributed by atoms with Gasteiger partial charge in [0.25, 0.3) is 5.24 Å². The van der Waals surface area contributed by atoms with E-state index in [1.165, 1.54) is 11.8 Å². The summed E-state index contributed by atoms with van der Waals surface area (Å²) in [6.45, 7) is 3.94. The first-order chi connectivity index (χ1) is 6.59. The topological polar surface area (TPSA) is 29.1 Å². The highest BCUT2D eigenvalue weighted by Crippen LogP contribution is 2.22. The smallest absolute Gasteiger partial charge is 0.283 e. The molecule has 0 aliphatic carbocycles. The second-order valence-electron chi connectivity index (χ2n) is 3.06. The van der Waals surface area contributed by atoms with Gasteiger partial charge in [-0.1, -0.05) is 49.3 Å². The molecule has 76 valence electrons. The van der Waals surface area contributed by atoms with Gasteiger partial charge in [0.1, 0.15) is 0 Å². The summed E-state index contributed by atoms with van der Waals surface area (Å²) < 4.78 is 0. The minimum absolute atomic E-state index is 0.0758. The number of benzene rings is 1. The molecule has 0 radical (unpaired) electrons. The molecule has 1 aromatic carbocycles. The molecule has 14 heavy (non-hydrogen) atoms. The van der Waals surface area contributed by atoms with Crippen LogP contribution in [0.4, 0.5) is 10.5 Å². The van der Waals surface area contributed by atoms with Gasteiger partial charge in [0.05, 0.1) is 10.7 Å². The molecule has 1 amide bonds. The highest BCUT2D eigenvalue weighted by atomic mass is 35.5. The number of hydrogen-bond donors (Lipinski definition) is 1. The molecule has 0 aliphatic rings. The number of carbonyl (C=O) groups is 1. The van der Waals surface area contributed by atoms with Crippen LogP contribution < -0.4 is 5.32 Å². The Balaban J connectivity index is 2.61. The molecule has 4 heteroatoms. The lowest BCUT2D eigenvalue weighted by molar-refractivity contribution is 0.269. The molecule has 1 N–H and O–H groups in total. The molecule has 0 heterocycles. The van der Waals surface area contributed by atoms with Crippen molar-refractivity contribution in [2.24, 2.45) is 0 Å². The summed E-state index contributed by atoms with van der Waals surface area (Å²) in [4.78, 5) is 11.4. The van der Waals surface area contributed by atoms with Crippen LogP contribution in [0.5, 0.6) is 0 Å². The zero-order valence-electron chi connectivity index (χ0n) is 8.08. The third kappa shape index (κ3) is 3.60. The third-order valence-electron chi connectivity index (χ3n) is 1.45. The number of amides is 1. The fourth-order valence-corrected chi connectivity index (χ4v) is 1.70. The Morgan fingerprint density at radius 2 is 2.07 bits per heavy atom. The molecule has 0 spiro atoms. The fraction of sp³-hybridized carbons (Fsp3) is 0.300. The predicted octanol–water partition coefficient (Wildman–Crippen LogP) is 4.01. The summed E-state index contributed by atoms with van der Waals surface area (Å²) in [5.74, 6) is 0. The molecule has 0 atom stereocenters. The summed E-state index contributed by atoms with van der Waals surface area (Å²) in [5, 5.41) is 3.49. The Labute approximate surface area is 93.0 Å². The van der Waals surface area contributed by atoms with Crippen molar-refractivity contribution in [3.63, 3.8) is 0 Å². The SMILES string of the molecule is CC(C)SC(=O)Nc1ccccc1Cl. The Morgan fingerprint density at radius 3 is 2.64 bits per heavy atom. The molecule has 0 saturated heterocycles. The lowest BCUT2D eigenvalue weighted by atomic mass is 10.3. The second kappa shape index (κ2) is 5.27. The van der Waals surface area contributed by atoms with Gasteiger partial charge in [-0.25, -0.2) is 0 Å². The quantitative estimate of drug-likeness (QED) is 0.830. The highest BCUT2D eigenvalue weighted by Gasteiger charge is 2.07. The van der Waals surface area contributed by atoms with E-state index in [1.54, 1.807) is 12.1 Å². The highest BCUT2D eigenvalue weighted by molar-refractivity contribution is 8.14. The minimum atomic E-state index is -0.0758. The van der Waals surface area contributed by atoms with E-state index in [-0.39, 0.29) is 10.5 Å². The van der Waals surface area contributed by atoms with Crippen LogP contribution in [0.25, 0.3) is 0 Å².